The first-order valence-corrected chi connectivity index (χ1v) is 11.8. The Labute approximate surface area is 182 Å². The van der Waals surface area contributed by atoms with Crippen molar-refractivity contribution in [3.63, 3.8) is 0 Å². The van der Waals surface area contributed by atoms with Gasteiger partial charge in [-0.3, -0.25) is 9.82 Å². The molecular weight excluding hydrogens is 418 g/mol. The Kier molecular flexibility index (Phi) is 7.40. The predicted octanol–water partition coefficient (Wildman–Crippen LogP) is 4.00. The van der Waals surface area contributed by atoms with E-state index in [0.717, 1.165) is 29.5 Å². The quantitative estimate of drug-likeness (QED) is 0.383. The highest BCUT2D eigenvalue weighted by Crippen LogP contribution is 2.26. The molecule has 3 rings (SSSR count). The van der Waals surface area contributed by atoms with E-state index in [1.807, 2.05) is 18.2 Å². The van der Waals surface area contributed by atoms with E-state index < -0.39 is 21.4 Å². The number of aliphatic hydroxyl groups excluding tert-OH is 1. The highest BCUT2D eigenvalue weighted by molar-refractivity contribution is 7.93. The van der Waals surface area contributed by atoms with E-state index in [1.54, 1.807) is 45.2 Å². The SMILES string of the molecule is COc1n[nH]c2cc(OCCCC[C@H](O)c3cccc(NS(=O)(=O)C(C)C)c3)ccc12. The van der Waals surface area contributed by atoms with E-state index in [9.17, 15) is 13.5 Å². The molecule has 1 heterocycles. The number of aliphatic hydroxyl groups is 1. The Bertz CT molecular complexity index is 1110. The van der Waals surface area contributed by atoms with Gasteiger partial charge in [-0.25, -0.2) is 8.42 Å². The lowest BCUT2D eigenvalue weighted by atomic mass is 10.0. The summed E-state index contributed by atoms with van der Waals surface area (Å²) < 4.78 is 37.6. The van der Waals surface area contributed by atoms with Gasteiger partial charge in [0.15, 0.2) is 0 Å². The molecule has 0 aliphatic rings. The van der Waals surface area contributed by atoms with Crippen LogP contribution in [0.3, 0.4) is 0 Å². The van der Waals surface area contributed by atoms with Crippen LogP contribution in [0.4, 0.5) is 5.69 Å². The van der Waals surface area contributed by atoms with Crippen LogP contribution in [0.25, 0.3) is 10.9 Å². The molecule has 0 aliphatic carbocycles. The van der Waals surface area contributed by atoms with Crippen molar-refractivity contribution in [3.8, 4) is 11.6 Å². The molecule has 1 atom stereocenters. The van der Waals surface area contributed by atoms with Crippen molar-refractivity contribution in [2.24, 2.45) is 0 Å². The summed E-state index contributed by atoms with van der Waals surface area (Å²) in [5.41, 5.74) is 1.99. The highest BCUT2D eigenvalue weighted by atomic mass is 32.2. The largest absolute Gasteiger partial charge is 0.494 e. The summed E-state index contributed by atoms with van der Waals surface area (Å²) in [5.74, 6) is 1.29. The number of nitrogens with one attached hydrogen (secondary N) is 2. The Hall–Kier alpha value is -2.78. The van der Waals surface area contributed by atoms with Crippen LogP contribution in [-0.2, 0) is 10.0 Å². The zero-order valence-electron chi connectivity index (χ0n) is 18.0. The van der Waals surface area contributed by atoms with Gasteiger partial charge in [0, 0.05) is 11.8 Å². The maximum Gasteiger partial charge on any atom is 0.240 e. The molecule has 3 N–H and O–H groups in total. The molecule has 8 nitrogen and oxygen atoms in total. The number of fused-ring (bicyclic) bond motifs is 1. The van der Waals surface area contributed by atoms with Gasteiger partial charge in [0.05, 0.1) is 36.0 Å². The van der Waals surface area contributed by atoms with Crippen LogP contribution in [0.15, 0.2) is 42.5 Å². The molecular formula is C22H29N3O5S. The molecule has 9 heteroatoms. The lowest BCUT2D eigenvalue weighted by Crippen LogP contribution is -2.22. The van der Waals surface area contributed by atoms with Crippen LogP contribution >= 0.6 is 0 Å². The first-order chi connectivity index (χ1) is 14.8. The summed E-state index contributed by atoms with van der Waals surface area (Å²) in [6, 6.07) is 12.5. The van der Waals surface area contributed by atoms with Crippen LogP contribution in [0.1, 0.15) is 44.8 Å². The Balaban J connectivity index is 1.46. The first kappa shape index (κ1) is 22.9. The number of sulfonamides is 1. The molecule has 0 fully saturated rings. The van der Waals surface area contributed by atoms with Gasteiger partial charge in [0.25, 0.3) is 0 Å². The third-order valence-electron chi connectivity index (χ3n) is 4.99. The number of anilines is 1. The van der Waals surface area contributed by atoms with E-state index in [1.165, 1.54) is 0 Å². The third-order valence-corrected chi connectivity index (χ3v) is 6.75. The summed E-state index contributed by atoms with van der Waals surface area (Å²) in [7, 11) is -1.84. The Morgan fingerprint density at radius 3 is 2.71 bits per heavy atom. The molecule has 0 saturated heterocycles. The van der Waals surface area contributed by atoms with Crippen LogP contribution in [0.5, 0.6) is 11.6 Å². The second kappa shape index (κ2) is 10.0. The standard InChI is InChI=1S/C22H29N3O5S/c1-15(2)31(27,28)25-17-8-6-7-16(13-17)21(26)9-4-5-12-30-18-10-11-19-20(14-18)23-24-22(19)29-3/h6-8,10-11,13-15,21,25-26H,4-5,9,12H2,1-3H3,(H,23,24)/t21-/m0/s1. The summed E-state index contributed by atoms with van der Waals surface area (Å²) >= 11 is 0. The maximum atomic E-state index is 12.0. The fourth-order valence-corrected chi connectivity index (χ4v) is 3.80. The first-order valence-electron chi connectivity index (χ1n) is 10.2. The number of nitrogens with zero attached hydrogens (tertiary/aromatic N) is 1. The monoisotopic (exact) mass is 447 g/mol. The second-order valence-electron chi connectivity index (χ2n) is 7.62. The number of aromatic nitrogens is 2. The van der Waals surface area contributed by atoms with Gasteiger partial charge in [-0.15, -0.1) is 5.10 Å². The van der Waals surface area contributed by atoms with Crippen LogP contribution < -0.4 is 14.2 Å². The van der Waals surface area contributed by atoms with Crippen LogP contribution in [-0.4, -0.2) is 42.7 Å². The minimum Gasteiger partial charge on any atom is -0.494 e. The normalized spacial score (nSPS) is 12.8. The van der Waals surface area contributed by atoms with E-state index in [2.05, 4.69) is 14.9 Å². The topological polar surface area (TPSA) is 114 Å². The molecule has 0 radical (unpaired) electrons. The van der Waals surface area contributed by atoms with E-state index in [-0.39, 0.29) is 0 Å². The number of aromatic amines is 1. The van der Waals surface area contributed by atoms with Gasteiger partial charge < -0.3 is 14.6 Å². The average molecular weight is 448 g/mol. The summed E-state index contributed by atoms with van der Waals surface area (Å²) in [5, 5.41) is 17.8. The van der Waals surface area contributed by atoms with Gasteiger partial charge >= 0.3 is 0 Å². The zero-order valence-corrected chi connectivity index (χ0v) is 18.8. The fraction of sp³-hybridized carbons (Fsp3) is 0.409. The van der Waals surface area contributed by atoms with Crippen molar-refractivity contribution in [2.75, 3.05) is 18.4 Å². The van der Waals surface area contributed by atoms with Gasteiger partial charge in [-0.1, -0.05) is 12.1 Å². The molecule has 2 aromatic carbocycles. The number of hydrogen-bond acceptors (Lipinski definition) is 6. The lowest BCUT2D eigenvalue weighted by molar-refractivity contribution is 0.160. The maximum absolute atomic E-state index is 12.0. The Morgan fingerprint density at radius 1 is 1.16 bits per heavy atom. The van der Waals surface area contributed by atoms with Crippen molar-refractivity contribution in [1.82, 2.24) is 10.2 Å². The number of rotatable bonds is 11. The number of hydrogen-bond donors (Lipinski definition) is 3. The van der Waals surface area contributed by atoms with E-state index >= 15 is 0 Å². The Morgan fingerprint density at radius 2 is 1.97 bits per heavy atom. The highest BCUT2D eigenvalue weighted by Gasteiger charge is 2.16. The van der Waals surface area contributed by atoms with Crippen molar-refractivity contribution >= 4 is 26.6 Å². The molecule has 31 heavy (non-hydrogen) atoms. The third kappa shape index (κ3) is 5.89. The number of benzene rings is 2. The molecule has 0 spiro atoms. The molecule has 0 amide bonds. The fourth-order valence-electron chi connectivity index (χ4n) is 3.11. The second-order valence-corrected chi connectivity index (χ2v) is 9.86. The number of unbranched alkanes of at least 4 members (excludes halogenated alkanes) is 1. The molecule has 0 unspecified atom stereocenters. The van der Waals surface area contributed by atoms with Crippen molar-refractivity contribution < 1.29 is 23.0 Å². The number of H-pyrrole nitrogens is 1. The average Bonchev–Trinajstić information content (AvgIpc) is 3.15. The molecule has 0 saturated carbocycles. The lowest BCUT2D eigenvalue weighted by Gasteiger charge is -2.15. The zero-order chi connectivity index (χ0) is 22.4. The van der Waals surface area contributed by atoms with E-state index in [0.29, 0.717) is 30.2 Å². The van der Waals surface area contributed by atoms with Crippen LogP contribution in [0.2, 0.25) is 0 Å². The van der Waals surface area contributed by atoms with Gasteiger partial charge in [0.2, 0.25) is 15.9 Å². The van der Waals surface area contributed by atoms with Gasteiger partial charge in [-0.2, -0.15) is 0 Å². The molecule has 0 bridgehead atoms. The number of ether oxygens (including phenoxy) is 2. The van der Waals surface area contributed by atoms with Gasteiger partial charge in [-0.05, 0) is 62.9 Å². The summed E-state index contributed by atoms with van der Waals surface area (Å²) in [6.45, 7) is 3.76. The summed E-state index contributed by atoms with van der Waals surface area (Å²) in [4.78, 5) is 0. The molecule has 0 aliphatic heterocycles. The number of methoxy groups -OCH3 is 1. The predicted molar refractivity (Wildman–Crippen MR) is 121 cm³/mol. The molecule has 1 aromatic heterocycles. The van der Waals surface area contributed by atoms with Gasteiger partial charge in [0.1, 0.15) is 5.75 Å². The van der Waals surface area contributed by atoms with E-state index in [4.69, 9.17) is 9.47 Å². The summed E-state index contributed by atoms with van der Waals surface area (Å²) in [6.07, 6.45) is 1.43. The molecule has 3 aromatic rings. The minimum atomic E-state index is -3.42. The smallest absolute Gasteiger partial charge is 0.240 e. The van der Waals surface area contributed by atoms with Crippen molar-refractivity contribution in [2.45, 2.75) is 44.5 Å². The van der Waals surface area contributed by atoms with Crippen molar-refractivity contribution in [3.05, 3.63) is 48.0 Å². The molecule has 168 valence electrons. The minimum absolute atomic E-state index is 0.458. The van der Waals surface area contributed by atoms with Crippen LogP contribution in [0, 0.1) is 0 Å². The van der Waals surface area contributed by atoms with Crippen molar-refractivity contribution in [1.29, 1.82) is 0 Å².